The molecule has 6 nitrogen and oxygen atoms in total. The fourth-order valence-corrected chi connectivity index (χ4v) is 1.77. The largest absolute Gasteiger partial charge is 0.306 e. The normalized spacial score (nSPS) is 10.3. The number of halogens is 1. The Kier molecular flexibility index (Phi) is 3.38. The van der Waals surface area contributed by atoms with Crippen molar-refractivity contribution in [3.05, 3.63) is 66.8 Å². The number of rotatable bonds is 3. The number of amides is 1. The van der Waals surface area contributed by atoms with Gasteiger partial charge in [0.25, 0.3) is 5.91 Å². The van der Waals surface area contributed by atoms with Crippen LogP contribution in [0, 0.1) is 5.82 Å². The molecule has 1 N–H and O–H groups in total. The summed E-state index contributed by atoms with van der Waals surface area (Å²) in [5, 5.41) is 2.60. The summed E-state index contributed by atoms with van der Waals surface area (Å²) in [6.45, 7) is 0. The lowest BCUT2D eigenvalue weighted by Crippen LogP contribution is -2.13. The van der Waals surface area contributed by atoms with Crippen LogP contribution >= 0.6 is 0 Å². The Morgan fingerprint density at radius 2 is 2.14 bits per heavy atom. The summed E-state index contributed by atoms with van der Waals surface area (Å²) in [5.41, 5.74) is 0.220. The second kappa shape index (κ2) is 5.49. The van der Waals surface area contributed by atoms with Crippen LogP contribution in [0.4, 0.5) is 10.2 Å². The highest BCUT2D eigenvalue weighted by molar-refractivity contribution is 6.03. The zero-order valence-corrected chi connectivity index (χ0v) is 10.8. The lowest BCUT2D eigenvalue weighted by atomic mass is 10.2. The Bertz CT molecular complexity index is 773. The number of nitrogens with one attached hydrogen (secondary N) is 1. The first-order valence-corrected chi connectivity index (χ1v) is 6.10. The van der Waals surface area contributed by atoms with E-state index in [2.05, 4.69) is 20.3 Å². The maximum absolute atomic E-state index is 13.1. The van der Waals surface area contributed by atoms with Crippen molar-refractivity contribution in [2.45, 2.75) is 0 Å². The molecule has 1 aromatic carbocycles. The molecule has 0 aliphatic carbocycles. The predicted molar refractivity (Wildman–Crippen MR) is 73.5 cm³/mol. The van der Waals surface area contributed by atoms with E-state index < -0.39 is 11.7 Å². The molecule has 2 aromatic heterocycles. The van der Waals surface area contributed by atoms with E-state index in [0.29, 0.717) is 11.6 Å². The Morgan fingerprint density at radius 3 is 2.90 bits per heavy atom. The van der Waals surface area contributed by atoms with Gasteiger partial charge in [-0.3, -0.25) is 9.36 Å². The molecule has 0 saturated heterocycles. The Hall–Kier alpha value is -3.09. The molecule has 0 unspecified atom stereocenters. The first-order chi connectivity index (χ1) is 10.2. The lowest BCUT2D eigenvalue weighted by Gasteiger charge is -2.06. The van der Waals surface area contributed by atoms with Gasteiger partial charge in [-0.2, -0.15) is 0 Å². The second-order valence-electron chi connectivity index (χ2n) is 4.20. The van der Waals surface area contributed by atoms with Crippen molar-refractivity contribution >= 4 is 11.7 Å². The average Bonchev–Trinajstić information content (AvgIpc) is 3.02. The number of hydrogen-bond acceptors (Lipinski definition) is 4. The van der Waals surface area contributed by atoms with Gasteiger partial charge in [-0.25, -0.2) is 19.3 Å². The van der Waals surface area contributed by atoms with Crippen molar-refractivity contribution in [3.8, 4) is 5.82 Å². The van der Waals surface area contributed by atoms with E-state index in [1.165, 1.54) is 24.5 Å². The van der Waals surface area contributed by atoms with E-state index in [4.69, 9.17) is 0 Å². The van der Waals surface area contributed by atoms with Gasteiger partial charge in [0.15, 0.2) is 0 Å². The van der Waals surface area contributed by atoms with E-state index in [1.54, 1.807) is 29.4 Å². The van der Waals surface area contributed by atoms with Crippen LogP contribution in [0.15, 0.2) is 55.4 Å². The number of nitrogens with zero attached hydrogens (tertiary/aromatic N) is 4. The third-order valence-electron chi connectivity index (χ3n) is 2.75. The molecule has 3 rings (SSSR count). The molecule has 0 saturated carbocycles. The topological polar surface area (TPSA) is 72.7 Å². The number of benzene rings is 1. The summed E-state index contributed by atoms with van der Waals surface area (Å²) in [4.78, 5) is 24.0. The van der Waals surface area contributed by atoms with Gasteiger partial charge >= 0.3 is 0 Å². The minimum Gasteiger partial charge on any atom is -0.306 e. The third kappa shape index (κ3) is 2.92. The number of carbonyl (C=O) groups excluding carboxylic acids is 1. The highest BCUT2D eigenvalue weighted by Crippen LogP contribution is 2.11. The lowest BCUT2D eigenvalue weighted by molar-refractivity contribution is 0.102. The van der Waals surface area contributed by atoms with Crippen LogP contribution in [0.3, 0.4) is 0 Å². The van der Waals surface area contributed by atoms with Gasteiger partial charge in [-0.05, 0) is 18.2 Å². The Balaban J connectivity index is 1.82. The van der Waals surface area contributed by atoms with E-state index in [0.717, 1.165) is 6.07 Å². The first kappa shape index (κ1) is 12.9. The van der Waals surface area contributed by atoms with Gasteiger partial charge in [-0.1, -0.05) is 6.07 Å². The number of aromatic nitrogens is 4. The SMILES string of the molecule is O=C(Nc1cc(-n2ccnc2)ncn1)c1cccc(F)c1. The molecule has 104 valence electrons. The zero-order chi connectivity index (χ0) is 14.7. The monoisotopic (exact) mass is 283 g/mol. The molecule has 0 aliphatic heterocycles. The van der Waals surface area contributed by atoms with E-state index >= 15 is 0 Å². The van der Waals surface area contributed by atoms with Crippen LogP contribution in [0.5, 0.6) is 0 Å². The van der Waals surface area contributed by atoms with Crippen LogP contribution in [-0.4, -0.2) is 25.4 Å². The van der Waals surface area contributed by atoms with Gasteiger partial charge in [0, 0.05) is 24.0 Å². The summed E-state index contributed by atoms with van der Waals surface area (Å²) in [6.07, 6.45) is 6.25. The second-order valence-corrected chi connectivity index (χ2v) is 4.20. The third-order valence-corrected chi connectivity index (χ3v) is 2.75. The van der Waals surface area contributed by atoms with E-state index in [1.807, 2.05) is 0 Å². The van der Waals surface area contributed by atoms with Crippen LogP contribution in [0.1, 0.15) is 10.4 Å². The van der Waals surface area contributed by atoms with Gasteiger partial charge in [-0.15, -0.1) is 0 Å². The molecule has 0 aliphatic rings. The highest BCUT2D eigenvalue weighted by Gasteiger charge is 2.08. The molecule has 0 radical (unpaired) electrons. The molecule has 0 atom stereocenters. The fourth-order valence-electron chi connectivity index (χ4n) is 1.77. The molecule has 3 aromatic rings. The number of carbonyl (C=O) groups is 1. The molecule has 2 heterocycles. The highest BCUT2D eigenvalue weighted by atomic mass is 19.1. The average molecular weight is 283 g/mol. The van der Waals surface area contributed by atoms with Crippen molar-refractivity contribution in [3.63, 3.8) is 0 Å². The number of anilines is 1. The summed E-state index contributed by atoms with van der Waals surface area (Å²) < 4.78 is 14.8. The maximum Gasteiger partial charge on any atom is 0.256 e. The summed E-state index contributed by atoms with van der Waals surface area (Å²) >= 11 is 0. The molecule has 1 amide bonds. The van der Waals surface area contributed by atoms with E-state index in [-0.39, 0.29) is 5.56 Å². The first-order valence-electron chi connectivity index (χ1n) is 6.10. The number of imidazole rings is 1. The minimum atomic E-state index is -0.468. The van der Waals surface area contributed by atoms with Crippen molar-refractivity contribution in [2.75, 3.05) is 5.32 Å². The van der Waals surface area contributed by atoms with Crippen molar-refractivity contribution in [2.24, 2.45) is 0 Å². The van der Waals surface area contributed by atoms with E-state index in [9.17, 15) is 9.18 Å². The standard InChI is InChI=1S/C14H10FN5O/c15-11-3-1-2-10(6-11)14(21)19-12-7-13(18-8-17-12)20-5-4-16-9-20/h1-9H,(H,17,18,19,21). The van der Waals surface area contributed by atoms with Crippen molar-refractivity contribution in [1.29, 1.82) is 0 Å². The van der Waals surface area contributed by atoms with Gasteiger partial charge in [0.1, 0.15) is 30.1 Å². The smallest absolute Gasteiger partial charge is 0.256 e. The van der Waals surface area contributed by atoms with Gasteiger partial charge in [0.05, 0.1) is 0 Å². The summed E-state index contributed by atoms with van der Waals surface area (Å²) in [7, 11) is 0. The summed E-state index contributed by atoms with van der Waals surface area (Å²) in [5.74, 6) is -0.0192. The maximum atomic E-state index is 13.1. The molecule has 7 heteroatoms. The quantitative estimate of drug-likeness (QED) is 0.798. The summed E-state index contributed by atoms with van der Waals surface area (Å²) in [6, 6.07) is 7.03. The van der Waals surface area contributed by atoms with Crippen LogP contribution in [0.25, 0.3) is 5.82 Å². The molecule has 0 fully saturated rings. The van der Waals surface area contributed by atoms with Crippen LogP contribution < -0.4 is 5.32 Å². The minimum absolute atomic E-state index is 0.220. The Morgan fingerprint density at radius 1 is 1.24 bits per heavy atom. The zero-order valence-electron chi connectivity index (χ0n) is 10.8. The molecular weight excluding hydrogens is 273 g/mol. The Labute approximate surface area is 119 Å². The van der Waals surface area contributed by atoms with Crippen LogP contribution in [0.2, 0.25) is 0 Å². The molecule has 0 spiro atoms. The van der Waals surface area contributed by atoms with Crippen LogP contribution in [-0.2, 0) is 0 Å². The van der Waals surface area contributed by atoms with Crippen molar-refractivity contribution in [1.82, 2.24) is 19.5 Å². The molecule has 0 bridgehead atoms. The van der Waals surface area contributed by atoms with Gasteiger partial charge in [0.2, 0.25) is 0 Å². The fraction of sp³-hybridized carbons (Fsp3) is 0. The number of hydrogen-bond donors (Lipinski definition) is 1. The van der Waals surface area contributed by atoms with Crippen molar-refractivity contribution < 1.29 is 9.18 Å². The predicted octanol–water partition coefficient (Wildman–Crippen LogP) is 2.05. The van der Waals surface area contributed by atoms with Gasteiger partial charge < -0.3 is 5.32 Å². The molecular formula is C14H10FN5O. The molecule has 21 heavy (non-hydrogen) atoms.